The number of aryl methyl sites for hydroxylation is 1. The van der Waals surface area contributed by atoms with Gasteiger partial charge in [0.2, 0.25) is 0 Å². The molecule has 19 heavy (non-hydrogen) atoms. The average molecular weight is 280 g/mol. The van der Waals surface area contributed by atoms with E-state index in [1.54, 1.807) is 6.07 Å². The molecule has 1 aromatic carbocycles. The highest BCUT2D eigenvalue weighted by Gasteiger charge is 2.10. The van der Waals surface area contributed by atoms with E-state index >= 15 is 0 Å². The van der Waals surface area contributed by atoms with Gasteiger partial charge in [-0.15, -0.1) is 0 Å². The minimum Gasteiger partial charge on any atom is -0.383 e. The summed E-state index contributed by atoms with van der Waals surface area (Å²) in [5.74, 6) is 0.737. The minimum atomic E-state index is -0.354. The summed E-state index contributed by atoms with van der Waals surface area (Å²) in [4.78, 5) is 8.72. The Kier molecular flexibility index (Phi) is 4.00. The maximum Gasteiger partial charge on any atom is 0.135 e. The predicted molar refractivity (Wildman–Crippen MR) is 74.8 cm³/mol. The third kappa shape index (κ3) is 3.01. The van der Waals surface area contributed by atoms with Crippen molar-refractivity contribution < 1.29 is 4.39 Å². The smallest absolute Gasteiger partial charge is 0.135 e. The SMILES string of the molecule is CCc1nc(Cc2ccc(F)cc2Cl)nc(N)c1C. The van der Waals surface area contributed by atoms with Crippen LogP contribution in [0.5, 0.6) is 0 Å². The number of nitrogens with zero attached hydrogens (tertiary/aromatic N) is 2. The average Bonchev–Trinajstić information content (AvgIpc) is 2.37. The zero-order valence-corrected chi connectivity index (χ0v) is 11.6. The van der Waals surface area contributed by atoms with Gasteiger partial charge in [-0.3, -0.25) is 0 Å². The Morgan fingerprint density at radius 3 is 2.68 bits per heavy atom. The Morgan fingerprint density at radius 1 is 1.32 bits per heavy atom. The molecule has 3 nitrogen and oxygen atoms in total. The molecule has 100 valence electrons. The number of aromatic nitrogens is 2. The van der Waals surface area contributed by atoms with Gasteiger partial charge in [-0.2, -0.15) is 0 Å². The summed E-state index contributed by atoms with van der Waals surface area (Å²) in [6.07, 6.45) is 1.24. The van der Waals surface area contributed by atoms with Crippen molar-refractivity contribution >= 4 is 17.4 Å². The Bertz CT molecular complexity index is 614. The quantitative estimate of drug-likeness (QED) is 0.938. The first-order valence-electron chi connectivity index (χ1n) is 6.07. The van der Waals surface area contributed by atoms with Crippen LogP contribution in [0.1, 0.15) is 29.6 Å². The normalized spacial score (nSPS) is 10.7. The van der Waals surface area contributed by atoms with Crippen molar-refractivity contribution in [3.63, 3.8) is 0 Å². The van der Waals surface area contributed by atoms with Crippen LogP contribution in [0.4, 0.5) is 10.2 Å². The molecule has 0 aliphatic heterocycles. The van der Waals surface area contributed by atoms with E-state index < -0.39 is 0 Å². The van der Waals surface area contributed by atoms with E-state index in [1.807, 2.05) is 13.8 Å². The fourth-order valence-corrected chi connectivity index (χ4v) is 2.13. The number of rotatable bonds is 3. The number of hydrogen-bond donors (Lipinski definition) is 1. The third-order valence-corrected chi connectivity index (χ3v) is 3.38. The zero-order chi connectivity index (χ0) is 14.0. The summed E-state index contributed by atoms with van der Waals surface area (Å²) in [6, 6.07) is 4.30. The maximum atomic E-state index is 13.0. The summed E-state index contributed by atoms with van der Waals surface area (Å²) in [5, 5.41) is 0.376. The van der Waals surface area contributed by atoms with Crippen molar-refractivity contribution in [1.29, 1.82) is 0 Å². The van der Waals surface area contributed by atoms with E-state index in [9.17, 15) is 4.39 Å². The molecule has 0 saturated carbocycles. The van der Waals surface area contributed by atoms with Crippen LogP contribution in [0, 0.1) is 12.7 Å². The van der Waals surface area contributed by atoms with Crippen molar-refractivity contribution in [2.24, 2.45) is 0 Å². The molecule has 5 heteroatoms. The highest BCUT2D eigenvalue weighted by Crippen LogP contribution is 2.21. The molecule has 0 atom stereocenters. The first kappa shape index (κ1) is 13.7. The Morgan fingerprint density at radius 2 is 2.05 bits per heavy atom. The molecule has 0 radical (unpaired) electrons. The van der Waals surface area contributed by atoms with Crippen molar-refractivity contribution in [3.8, 4) is 0 Å². The number of halogens is 2. The van der Waals surface area contributed by atoms with Gasteiger partial charge in [0.1, 0.15) is 17.5 Å². The summed E-state index contributed by atoms with van der Waals surface area (Å²) in [5.41, 5.74) is 8.50. The fraction of sp³-hybridized carbons (Fsp3) is 0.286. The molecular formula is C14H15ClFN3. The van der Waals surface area contributed by atoms with Crippen LogP contribution in [-0.2, 0) is 12.8 Å². The summed E-state index contributed by atoms with van der Waals surface area (Å²) >= 11 is 6.00. The lowest BCUT2D eigenvalue weighted by molar-refractivity contribution is 0.627. The van der Waals surface area contributed by atoms with Gasteiger partial charge in [0.25, 0.3) is 0 Å². The van der Waals surface area contributed by atoms with Crippen LogP contribution in [0.3, 0.4) is 0 Å². The zero-order valence-electron chi connectivity index (χ0n) is 10.9. The van der Waals surface area contributed by atoms with Gasteiger partial charge in [0.05, 0.1) is 0 Å². The van der Waals surface area contributed by atoms with E-state index in [2.05, 4.69) is 9.97 Å². The van der Waals surface area contributed by atoms with Crippen LogP contribution < -0.4 is 5.73 Å². The molecule has 0 unspecified atom stereocenters. The summed E-state index contributed by atoms with van der Waals surface area (Å²) in [6.45, 7) is 3.92. The predicted octanol–water partition coefficient (Wildman–Crippen LogP) is 3.31. The lowest BCUT2D eigenvalue weighted by Crippen LogP contribution is -2.07. The molecule has 0 aliphatic carbocycles. The van der Waals surface area contributed by atoms with Crippen LogP contribution in [0.25, 0.3) is 0 Å². The molecule has 2 N–H and O–H groups in total. The van der Waals surface area contributed by atoms with Gasteiger partial charge in [-0.1, -0.05) is 24.6 Å². The molecule has 0 spiro atoms. The second-order valence-corrected chi connectivity index (χ2v) is 4.77. The van der Waals surface area contributed by atoms with Gasteiger partial charge >= 0.3 is 0 Å². The Hall–Kier alpha value is -1.68. The van der Waals surface area contributed by atoms with Crippen LogP contribution in [-0.4, -0.2) is 9.97 Å². The van der Waals surface area contributed by atoms with Crippen molar-refractivity contribution in [2.75, 3.05) is 5.73 Å². The van der Waals surface area contributed by atoms with Gasteiger partial charge < -0.3 is 5.73 Å². The molecule has 2 rings (SSSR count). The topological polar surface area (TPSA) is 51.8 Å². The van der Waals surface area contributed by atoms with E-state index in [-0.39, 0.29) is 5.82 Å². The standard InChI is InChI=1S/C14H15ClFN3/c1-3-12-8(2)14(17)19-13(18-12)6-9-4-5-10(16)7-11(9)15/h4-5,7H,3,6H2,1-2H3,(H2,17,18,19). The van der Waals surface area contributed by atoms with E-state index in [4.69, 9.17) is 17.3 Å². The highest BCUT2D eigenvalue weighted by molar-refractivity contribution is 6.31. The van der Waals surface area contributed by atoms with E-state index in [1.165, 1.54) is 12.1 Å². The summed E-state index contributed by atoms with van der Waals surface area (Å²) in [7, 11) is 0. The molecule has 0 amide bonds. The molecule has 2 aromatic rings. The molecular weight excluding hydrogens is 265 g/mol. The first-order valence-corrected chi connectivity index (χ1v) is 6.44. The number of benzene rings is 1. The first-order chi connectivity index (χ1) is 9.01. The van der Waals surface area contributed by atoms with Gasteiger partial charge in [0.15, 0.2) is 0 Å². The second-order valence-electron chi connectivity index (χ2n) is 4.36. The van der Waals surface area contributed by atoms with Crippen LogP contribution in [0.15, 0.2) is 18.2 Å². The van der Waals surface area contributed by atoms with Crippen molar-refractivity contribution in [1.82, 2.24) is 9.97 Å². The molecule has 0 aliphatic rings. The molecule has 1 heterocycles. The largest absolute Gasteiger partial charge is 0.383 e. The van der Waals surface area contributed by atoms with Crippen molar-refractivity contribution in [2.45, 2.75) is 26.7 Å². The lowest BCUT2D eigenvalue weighted by Gasteiger charge is -2.09. The lowest BCUT2D eigenvalue weighted by atomic mass is 10.1. The van der Waals surface area contributed by atoms with E-state index in [0.717, 1.165) is 23.2 Å². The number of nitrogens with two attached hydrogens (primary N) is 1. The van der Waals surface area contributed by atoms with Crippen molar-refractivity contribution in [3.05, 3.63) is 51.7 Å². The Labute approximate surface area is 116 Å². The molecule has 0 bridgehead atoms. The number of anilines is 1. The van der Waals surface area contributed by atoms with Crippen LogP contribution in [0.2, 0.25) is 5.02 Å². The molecule has 1 aromatic heterocycles. The second kappa shape index (κ2) is 5.53. The van der Waals surface area contributed by atoms with E-state index in [0.29, 0.717) is 23.1 Å². The Balaban J connectivity index is 2.35. The molecule has 0 saturated heterocycles. The fourth-order valence-electron chi connectivity index (χ4n) is 1.89. The van der Waals surface area contributed by atoms with Gasteiger partial charge in [0, 0.05) is 22.7 Å². The highest BCUT2D eigenvalue weighted by atomic mass is 35.5. The monoisotopic (exact) mass is 279 g/mol. The molecule has 0 fully saturated rings. The van der Waals surface area contributed by atoms with Gasteiger partial charge in [-0.25, -0.2) is 14.4 Å². The summed E-state index contributed by atoms with van der Waals surface area (Å²) < 4.78 is 13.0. The maximum absolute atomic E-state index is 13.0. The number of hydrogen-bond acceptors (Lipinski definition) is 3. The van der Waals surface area contributed by atoms with Gasteiger partial charge in [-0.05, 0) is 31.0 Å². The van der Waals surface area contributed by atoms with Crippen LogP contribution >= 0.6 is 11.6 Å². The third-order valence-electron chi connectivity index (χ3n) is 3.03. The number of nitrogen functional groups attached to an aromatic ring is 1. The minimum absolute atomic E-state index is 0.354.